The van der Waals surface area contributed by atoms with Crippen molar-refractivity contribution in [3.05, 3.63) is 22.8 Å². The second-order valence-corrected chi connectivity index (χ2v) is 5.02. The Hall–Kier alpha value is -1.14. The second-order valence-electron chi connectivity index (χ2n) is 4.10. The maximum Gasteiger partial charge on any atom is 0.320 e. The topological polar surface area (TPSA) is 74.2 Å². The molecule has 1 atom stereocenters. The van der Waals surface area contributed by atoms with Gasteiger partial charge in [-0.25, -0.2) is 9.78 Å². The average Bonchev–Trinajstić information content (AvgIpc) is 3.13. The van der Waals surface area contributed by atoms with E-state index in [4.69, 9.17) is 0 Å². The predicted molar refractivity (Wildman–Crippen MR) is 67.7 cm³/mol. The van der Waals surface area contributed by atoms with Crippen LogP contribution in [-0.4, -0.2) is 28.8 Å². The summed E-state index contributed by atoms with van der Waals surface area (Å²) in [6.07, 6.45) is 3.28. The van der Waals surface area contributed by atoms with Gasteiger partial charge >= 0.3 is 6.03 Å². The Morgan fingerprint density at radius 1 is 1.59 bits per heavy atom. The molecule has 0 unspecified atom stereocenters. The number of carbonyl (C=O) groups excluding carboxylic acids is 1. The van der Waals surface area contributed by atoms with Crippen LogP contribution < -0.4 is 10.6 Å². The molecule has 5 nitrogen and oxygen atoms in total. The number of amides is 2. The molecule has 0 radical (unpaired) electrons. The zero-order chi connectivity index (χ0) is 12.3. The van der Waals surface area contributed by atoms with Crippen LogP contribution in [0.25, 0.3) is 0 Å². The van der Waals surface area contributed by atoms with Crippen LogP contribution in [0.3, 0.4) is 0 Å². The number of nitrogens with zero attached hydrogens (tertiary/aromatic N) is 1. The second kappa shape index (κ2) is 5.46. The van der Waals surface area contributed by atoms with E-state index in [0.29, 0.717) is 11.7 Å². The first-order chi connectivity index (χ1) is 8.15. The molecule has 0 aliphatic heterocycles. The van der Waals surface area contributed by atoms with E-state index in [-0.39, 0.29) is 12.6 Å². The molecule has 1 aliphatic carbocycles. The van der Waals surface area contributed by atoms with Crippen LogP contribution in [-0.2, 0) is 0 Å². The molecule has 1 fully saturated rings. The number of rotatable bonds is 4. The van der Waals surface area contributed by atoms with Gasteiger partial charge in [-0.2, -0.15) is 0 Å². The number of hydrogen-bond donors (Lipinski definition) is 3. The molecule has 92 valence electrons. The number of carbonyl (C=O) groups is 1. The first-order valence-electron chi connectivity index (χ1n) is 5.49. The summed E-state index contributed by atoms with van der Waals surface area (Å²) < 4.78 is 0.854. The van der Waals surface area contributed by atoms with E-state index in [2.05, 4.69) is 31.5 Å². The Bertz CT molecular complexity index is 392. The fourth-order valence-corrected chi connectivity index (χ4v) is 1.69. The molecule has 0 bridgehead atoms. The minimum atomic E-state index is -0.432. The van der Waals surface area contributed by atoms with E-state index in [1.807, 2.05) is 0 Å². The lowest BCUT2D eigenvalue weighted by Crippen LogP contribution is -2.36. The van der Waals surface area contributed by atoms with Crippen molar-refractivity contribution in [3.8, 4) is 0 Å². The van der Waals surface area contributed by atoms with Gasteiger partial charge < -0.3 is 10.4 Å². The fourth-order valence-electron chi connectivity index (χ4n) is 1.46. The summed E-state index contributed by atoms with van der Waals surface area (Å²) in [5.74, 6) is 0.840. The predicted octanol–water partition coefficient (Wildman–Crippen LogP) is 1.74. The molecule has 1 aliphatic rings. The first kappa shape index (κ1) is 12.3. The minimum absolute atomic E-state index is 0.285. The van der Waals surface area contributed by atoms with Crippen molar-refractivity contribution in [2.75, 3.05) is 11.9 Å². The molecule has 1 aromatic heterocycles. The number of halogens is 1. The summed E-state index contributed by atoms with van der Waals surface area (Å²) in [7, 11) is 0. The first-order valence-corrected chi connectivity index (χ1v) is 6.29. The summed E-state index contributed by atoms with van der Waals surface area (Å²) >= 11 is 3.26. The van der Waals surface area contributed by atoms with Crippen molar-refractivity contribution < 1.29 is 9.90 Å². The highest BCUT2D eigenvalue weighted by atomic mass is 79.9. The van der Waals surface area contributed by atoms with E-state index in [0.717, 1.165) is 17.3 Å². The molecule has 0 aromatic carbocycles. The number of urea groups is 1. The van der Waals surface area contributed by atoms with Crippen LogP contribution in [0.15, 0.2) is 22.8 Å². The third-order valence-corrected chi connectivity index (χ3v) is 3.08. The molecular formula is C11H14BrN3O2. The molecule has 1 heterocycles. The minimum Gasteiger partial charge on any atom is -0.391 e. The van der Waals surface area contributed by atoms with Gasteiger partial charge in [-0.1, -0.05) is 0 Å². The van der Waals surface area contributed by atoms with Crippen molar-refractivity contribution in [1.82, 2.24) is 10.3 Å². The van der Waals surface area contributed by atoms with Gasteiger partial charge in [-0.15, -0.1) is 0 Å². The molecule has 17 heavy (non-hydrogen) atoms. The van der Waals surface area contributed by atoms with E-state index in [1.54, 1.807) is 18.3 Å². The Labute approximate surface area is 108 Å². The van der Waals surface area contributed by atoms with Crippen molar-refractivity contribution in [2.45, 2.75) is 18.9 Å². The smallest absolute Gasteiger partial charge is 0.320 e. The number of aromatic nitrogens is 1. The highest BCUT2D eigenvalue weighted by molar-refractivity contribution is 9.10. The number of pyridine rings is 1. The van der Waals surface area contributed by atoms with Crippen LogP contribution >= 0.6 is 15.9 Å². The molecule has 1 aromatic rings. The Balaban J connectivity index is 1.74. The van der Waals surface area contributed by atoms with Crippen LogP contribution in [0, 0.1) is 5.92 Å². The summed E-state index contributed by atoms with van der Waals surface area (Å²) in [6.45, 7) is 0.285. The van der Waals surface area contributed by atoms with E-state index < -0.39 is 6.10 Å². The SMILES string of the molecule is O=C(NC[C@@H](O)C1CC1)Nc1ccc(Br)cn1. The van der Waals surface area contributed by atoms with Gasteiger partial charge in [0.1, 0.15) is 5.82 Å². The fraction of sp³-hybridized carbons (Fsp3) is 0.455. The van der Waals surface area contributed by atoms with Crippen LogP contribution in [0.1, 0.15) is 12.8 Å². The lowest BCUT2D eigenvalue weighted by atomic mass is 10.2. The lowest BCUT2D eigenvalue weighted by molar-refractivity contribution is 0.150. The molecule has 1 saturated carbocycles. The Kier molecular flexibility index (Phi) is 3.96. The van der Waals surface area contributed by atoms with Gasteiger partial charge in [0.15, 0.2) is 0 Å². The highest BCUT2D eigenvalue weighted by Gasteiger charge is 2.29. The number of hydrogen-bond acceptors (Lipinski definition) is 3. The van der Waals surface area contributed by atoms with Crippen molar-refractivity contribution in [2.24, 2.45) is 5.92 Å². The van der Waals surface area contributed by atoms with Gasteiger partial charge in [0.2, 0.25) is 0 Å². The largest absolute Gasteiger partial charge is 0.391 e. The highest BCUT2D eigenvalue weighted by Crippen LogP contribution is 2.32. The normalized spacial score (nSPS) is 16.4. The standard InChI is InChI=1S/C11H14BrN3O2/c12-8-3-4-10(13-5-8)15-11(17)14-6-9(16)7-1-2-7/h3-5,7,9,16H,1-2,6H2,(H2,13,14,15,17)/t9-/m1/s1. The monoisotopic (exact) mass is 299 g/mol. The summed E-state index contributed by atoms with van der Waals surface area (Å²) in [5, 5.41) is 14.8. The van der Waals surface area contributed by atoms with Crippen molar-refractivity contribution in [1.29, 1.82) is 0 Å². The van der Waals surface area contributed by atoms with Gasteiger partial charge in [0.05, 0.1) is 6.10 Å². The number of aliphatic hydroxyl groups is 1. The lowest BCUT2D eigenvalue weighted by Gasteiger charge is -2.11. The van der Waals surface area contributed by atoms with E-state index in [1.165, 1.54) is 0 Å². The number of anilines is 1. The third kappa shape index (κ3) is 3.98. The van der Waals surface area contributed by atoms with Crippen LogP contribution in [0.4, 0.5) is 10.6 Å². The molecule has 0 spiro atoms. The Morgan fingerprint density at radius 2 is 2.35 bits per heavy atom. The molecule has 0 saturated heterocycles. The maximum atomic E-state index is 11.5. The van der Waals surface area contributed by atoms with Crippen molar-refractivity contribution in [3.63, 3.8) is 0 Å². The van der Waals surface area contributed by atoms with Gasteiger partial charge in [-0.05, 0) is 46.8 Å². The van der Waals surface area contributed by atoms with Gasteiger partial charge in [-0.3, -0.25) is 5.32 Å². The maximum absolute atomic E-state index is 11.5. The quantitative estimate of drug-likeness (QED) is 0.793. The zero-order valence-corrected chi connectivity index (χ0v) is 10.8. The molecule has 3 N–H and O–H groups in total. The van der Waals surface area contributed by atoms with Gasteiger partial charge in [0, 0.05) is 17.2 Å². The average molecular weight is 300 g/mol. The molecule has 6 heteroatoms. The summed E-state index contributed by atoms with van der Waals surface area (Å²) in [5.41, 5.74) is 0. The number of nitrogens with one attached hydrogen (secondary N) is 2. The summed E-state index contributed by atoms with van der Waals surface area (Å²) in [6, 6.07) is 3.14. The zero-order valence-electron chi connectivity index (χ0n) is 9.19. The van der Waals surface area contributed by atoms with E-state index >= 15 is 0 Å². The third-order valence-electron chi connectivity index (χ3n) is 2.61. The van der Waals surface area contributed by atoms with Crippen LogP contribution in [0.5, 0.6) is 0 Å². The van der Waals surface area contributed by atoms with Crippen molar-refractivity contribution >= 4 is 27.8 Å². The molecular weight excluding hydrogens is 286 g/mol. The van der Waals surface area contributed by atoms with Crippen LogP contribution in [0.2, 0.25) is 0 Å². The molecule has 2 rings (SSSR count). The van der Waals surface area contributed by atoms with Gasteiger partial charge in [0.25, 0.3) is 0 Å². The Morgan fingerprint density at radius 3 is 2.94 bits per heavy atom. The van der Waals surface area contributed by atoms with E-state index in [9.17, 15) is 9.90 Å². The molecule has 2 amide bonds. The summed E-state index contributed by atoms with van der Waals surface area (Å²) in [4.78, 5) is 15.5. The number of aliphatic hydroxyl groups excluding tert-OH is 1.